The molecule has 1 aromatic carbocycles. The normalized spacial score (nSPS) is 10.0. The monoisotopic (exact) mass is 330 g/mol. The van der Waals surface area contributed by atoms with Gasteiger partial charge in [-0.1, -0.05) is 6.58 Å². The Labute approximate surface area is 125 Å². The molecule has 0 spiro atoms. The third-order valence-corrected chi connectivity index (χ3v) is 3.32. The van der Waals surface area contributed by atoms with Gasteiger partial charge in [-0.15, -0.1) is 11.8 Å². The highest BCUT2D eigenvalue weighted by Gasteiger charge is 2.46. The van der Waals surface area contributed by atoms with Crippen LogP contribution in [0.25, 0.3) is 6.08 Å². The van der Waals surface area contributed by atoms with Crippen molar-refractivity contribution in [1.82, 2.24) is 0 Å². The van der Waals surface area contributed by atoms with E-state index in [0.29, 0.717) is 17.8 Å². The molecule has 0 bridgehead atoms. The Morgan fingerprint density at radius 1 is 0.818 bits per heavy atom. The summed E-state index contributed by atoms with van der Waals surface area (Å²) in [5.74, 6) is 0. The van der Waals surface area contributed by atoms with Crippen LogP contribution >= 0.6 is 11.8 Å². The maximum atomic E-state index is 11.1. The largest absolute Gasteiger partial charge is 0.367 e. The minimum Gasteiger partial charge on any atom is -0.258 e. The van der Waals surface area contributed by atoms with Gasteiger partial charge in [0.25, 0.3) is 0 Å². The lowest BCUT2D eigenvalue weighted by atomic mass is 10.1. The quantitative estimate of drug-likeness (QED) is 0.431. The van der Waals surface area contributed by atoms with E-state index in [0.717, 1.165) is 0 Å². The van der Waals surface area contributed by atoms with Crippen molar-refractivity contribution in [3.63, 3.8) is 0 Å². The molecule has 0 N–H and O–H groups in total. The van der Waals surface area contributed by atoms with Crippen molar-refractivity contribution in [2.24, 2.45) is 0 Å². The molecule has 12 nitrogen and oxygen atoms in total. The molecule has 0 atom stereocenters. The number of hydrogen-bond donors (Lipinski definition) is 0. The molecule has 0 amide bonds. The van der Waals surface area contributed by atoms with Crippen LogP contribution in [0.4, 0.5) is 22.7 Å². The van der Waals surface area contributed by atoms with Crippen LogP contribution in [0.5, 0.6) is 0 Å². The summed E-state index contributed by atoms with van der Waals surface area (Å²) in [6, 6.07) is 0. The number of nitrogens with zero attached hydrogens (tertiary/aromatic N) is 4. The molecule has 0 fully saturated rings. The summed E-state index contributed by atoms with van der Waals surface area (Å²) in [7, 11) is 0. The van der Waals surface area contributed by atoms with Gasteiger partial charge < -0.3 is 0 Å². The number of benzene rings is 1. The lowest BCUT2D eigenvalue weighted by Crippen LogP contribution is -2.08. The molecule has 1 rings (SSSR count). The molecule has 0 aliphatic heterocycles. The molecule has 0 aromatic heterocycles. The molecule has 0 heterocycles. The minimum absolute atomic E-state index is 0.435. The predicted octanol–water partition coefficient (Wildman–Crippen LogP) is 2.68. The van der Waals surface area contributed by atoms with Crippen molar-refractivity contribution in [1.29, 1.82) is 0 Å². The highest BCUT2D eigenvalue weighted by atomic mass is 32.2. The fourth-order valence-electron chi connectivity index (χ4n) is 1.79. The van der Waals surface area contributed by atoms with E-state index in [2.05, 4.69) is 6.58 Å². The van der Waals surface area contributed by atoms with Gasteiger partial charge in [0.15, 0.2) is 4.90 Å². The highest BCUT2D eigenvalue weighted by Crippen LogP contribution is 2.51. The van der Waals surface area contributed by atoms with Crippen molar-refractivity contribution in [3.05, 3.63) is 52.6 Å². The van der Waals surface area contributed by atoms with Crippen LogP contribution in [0.2, 0.25) is 0 Å². The molecule has 0 aliphatic carbocycles. The van der Waals surface area contributed by atoms with E-state index in [4.69, 9.17) is 0 Å². The second-order valence-corrected chi connectivity index (χ2v) is 4.39. The molecule has 0 aliphatic rings. The first kappa shape index (κ1) is 17.0. The molecule has 1 aromatic rings. The van der Waals surface area contributed by atoms with Crippen LogP contribution in [0.1, 0.15) is 5.56 Å². The molecular weight excluding hydrogens is 324 g/mol. The van der Waals surface area contributed by atoms with Gasteiger partial charge in [-0.3, -0.25) is 40.5 Å². The molecule has 0 saturated heterocycles. The van der Waals surface area contributed by atoms with Gasteiger partial charge in [0.05, 0.1) is 19.7 Å². The predicted molar refractivity (Wildman–Crippen MR) is 74.9 cm³/mol. The fourth-order valence-corrected chi connectivity index (χ4v) is 2.52. The van der Waals surface area contributed by atoms with Crippen molar-refractivity contribution in [3.8, 4) is 0 Å². The fraction of sp³-hybridized carbons (Fsp3) is 0.111. The van der Waals surface area contributed by atoms with Gasteiger partial charge in [-0.05, 0) is 12.3 Å². The van der Waals surface area contributed by atoms with Gasteiger partial charge >= 0.3 is 22.7 Å². The maximum absolute atomic E-state index is 11.1. The Bertz CT molecular complexity index is 678. The third kappa shape index (κ3) is 2.56. The van der Waals surface area contributed by atoms with Crippen LogP contribution in [-0.2, 0) is 0 Å². The Morgan fingerprint density at radius 3 is 1.32 bits per heavy atom. The SMILES string of the molecule is C=Cc1c([N+](=O)[O-])c([N+](=O)[O-])c(SC)c([N+](=O)[O-])c1[N+](=O)[O-]. The summed E-state index contributed by atoms with van der Waals surface area (Å²) in [6.07, 6.45) is 1.79. The van der Waals surface area contributed by atoms with E-state index in [1.165, 1.54) is 6.26 Å². The molecule has 22 heavy (non-hydrogen) atoms. The van der Waals surface area contributed by atoms with E-state index in [-0.39, 0.29) is 0 Å². The summed E-state index contributed by atoms with van der Waals surface area (Å²) in [4.78, 5) is 38.8. The number of nitro groups is 4. The molecule has 0 unspecified atom stereocenters. The summed E-state index contributed by atoms with van der Waals surface area (Å²) in [5.41, 5.74) is -5.65. The highest BCUT2D eigenvalue weighted by molar-refractivity contribution is 7.98. The molecule has 116 valence electrons. The summed E-state index contributed by atoms with van der Waals surface area (Å²) >= 11 is 0.435. The molecular formula is C9H6N4O8S. The minimum atomic E-state index is -1.21. The first-order chi connectivity index (χ1) is 10.2. The van der Waals surface area contributed by atoms with E-state index in [1.54, 1.807) is 0 Å². The van der Waals surface area contributed by atoms with Gasteiger partial charge in [0.2, 0.25) is 0 Å². The van der Waals surface area contributed by atoms with Crippen molar-refractivity contribution in [2.45, 2.75) is 4.90 Å². The molecule has 13 heteroatoms. The lowest BCUT2D eigenvalue weighted by Gasteiger charge is -2.06. The average Bonchev–Trinajstić information content (AvgIpc) is 2.42. The Balaban J connectivity index is 4.29. The van der Waals surface area contributed by atoms with Crippen molar-refractivity contribution >= 4 is 40.6 Å². The van der Waals surface area contributed by atoms with Crippen LogP contribution < -0.4 is 0 Å². The zero-order valence-corrected chi connectivity index (χ0v) is 11.6. The molecule has 0 radical (unpaired) electrons. The number of rotatable bonds is 6. The zero-order valence-electron chi connectivity index (χ0n) is 10.7. The smallest absolute Gasteiger partial charge is 0.258 e. The Hall–Kier alpha value is -3.09. The standard InChI is InChI=1S/C9H6N4O8S/c1-3-4-5(10(14)15)7(12(18)19)9(22-2)8(13(20)21)6(4)11(16)17/h3H,1H2,2H3. The van der Waals surface area contributed by atoms with E-state index < -0.39 is 52.9 Å². The van der Waals surface area contributed by atoms with E-state index in [9.17, 15) is 40.5 Å². The first-order valence-corrected chi connectivity index (χ1v) is 6.39. The van der Waals surface area contributed by atoms with Crippen LogP contribution in [0, 0.1) is 40.5 Å². The Morgan fingerprint density at radius 2 is 1.14 bits per heavy atom. The average molecular weight is 330 g/mol. The van der Waals surface area contributed by atoms with Crippen molar-refractivity contribution in [2.75, 3.05) is 6.26 Å². The topological polar surface area (TPSA) is 173 Å². The van der Waals surface area contributed by atoms with Crippen LogP contribution in [0.15, 0.2) is 11.5 Å². The number of thioether (sulfide) groups is 1. The summed E-state index contributed by atoms with van der Waals surface area (Å²) in [5, 5.41) is 44.3. The number of hydrogen-bond acceptors (Lipinski definition) is 9. The zero-order chi connectivity index (χ0) is 17.2. The van der Waals surface area contributed by atoms with Crippen LogP contribution in [0.3, 0.4) is 0 Å². The van der Waals surface area contributed by atoms with Gasteiger partial charge in [0, 0.05) is 0 Å². The van der Waals surface area contributed by atoms with E-state index in [1.807, 2.05) is 0 Å². The van der Waals surface area contributed by atoms with E-state index >= 15 is 0 Å². The summed E-state index contributed by atoms with van der Waals surface area (Å²) < 4.78 is 0. The third-order valence-electron chi connectivity index (χ3n) is 2.53. The molecule has 0 saturated carbocycles. The number of nitro benzene ring substituents is 4. The van der Waals surface area contributed by atoms with Crippen molar-refractivity contribution < 1.29 is 19.7 Å². The van der Waals surface area contributed by atoms with Gasteiger partial charge in [0.1, 0.15) is 5.56 Å². The second-order valence-electron chi connectivity index (χ2n) is 3.57. The first-order valence-electron chi connectivity index (χ1n) is 5.16. The van der Waals surface area contributed by atoms with Gasteiger partial charge in [-0.2, -0.15) is 0 Å². The van der Waals surface area contributed by atoms with Gasteiger partial charge in [-0.25, -0.2) is 0 Å². The second kappa shape index (κ2) is 6.13. The van der Waals surface area contributed by atoms with Crippen LogP contribution in [-0.4, -0.2) is 25.9 Å². The summed E-state index contributed by atoms with van der Waals surface area (Å²) in [6.45, 7) is 3.11. The lowest BCUT2D eigenvalue weighted by molar-refractivity contribution is -0.438. The Kier molecular flexibility index (Phi) is 4.72. The maximum Gasteiger partial charge on any atom is 0.367 e.